The molecule has 0 fully saturated rings. The van der Waals surface area contributed by atoms with E-state index in [2.05, 4.69) is 16.4 Å². The number of nitrogens with zero attached hydrogens (tertiary/aromatic N) is 4. The monoisotopic (exact) mass is 421 g/mol. The van der Waals surface area contributed by atoms with Gasteiger partial charge in [-0.2, -0.15) is 5.26 Å². The molecule has 0 atom stereocenters. The standard InChI is InChI=1S/C21H19N5O5/c1-13-14(2)25(15-6-8-16(30-3)9-7-15)20(17(13)11-22)24-19(27)12-31-18-5-4-10-23-21(18)26(28)29/h4-10H,12H2,1-3H3,(H,24,27). The molecule has 0 radical (unpaired) electrons. The van der Waals surface area contributed by atoms with E-state index in [9.17, 15) is 20.2 Å². The second-order valence-corrected chi connectivity index (χ2v) is 6.50. The lowest BCUT2D eigenvalue weighted by Crippen LogP contribution is -2.22. The van der Waals surface area contributed by atoms with Crippen LogP contribution in [0.15, 0.2) is 42.6 Å². The van der Waals surface area contributed by atoms with Crippen molar-refractivity contribution in [2.45, 2.75) is 13.8 Å². The first-order valence-electron chi connectivity index (χ1n) is 9.15. The fraction of sp³-hybridized carbons (Fsp3) is 0.190. The fourth-order valence-electron chi connectivity index (χ4n) is 3.06. The van der Waals surface area contributed by atoms with E-state index >= 15 is 0 Å². The van der Waals surface area contributed by atoms with E-state index in [1.807, 2.05) is 6.92 Å². The number of methoxy groups -OCH3 is 1. The summed E-state index contributed by atoms with van der Waals surface area (Å²) in [6.45, 7) is 3.13. The Bertz CT molecular complexity index is 1180. The minimum atomic E-state index is -0.692. The van der Waals surface area contributed by atoms with Gasteiger partial charge < -0.3 is 24.9 Å². The number of anilines is 1. The summed E-state index contributed by atoms with van der Waals surface area (Å²) in [4.78, 5) is 26.6. The Morgan fingerprint density at radius 3 is 2.61 bits per heavy atom. The summed E-state index contributed by atoms with van der Waals surface area (Å²) in [6.07, 6.45) is 1.26. The van der Waals surface area contributed by atoms with Crippen LogP contribution in [0, 0.1) is 35.3 Å². The highest BCUT2D eigenvalue weighted by Crippen LogP contribution is 2.31. The Hall–Kier alpha value is -4.39. The summed E-state index contributed by atoms with van der Waals surface area (Å²) < 4.78 is 12.2. The summed E-state index contributed by atoms with van der Waals surface area (Å²) in [5.41, 5.74) is 2.54. The molecular formula is C21H19N5O5. The molecule has 1 aromatic carbocycles. The molecule has 2 aromatic heterocycles. The Labute approximate surface area is 177 Å². The Morgan fingerprint density at radius 2 is 2.00 bits per heavy atom. The van der Waals surface area contributed by atoms with Crippen LogP contribution in [0.1, 0.15) is 16.8 Å². The van der Waals surface area contributed by atoms with Gasteiger partial charge in [0.15, 0.2) is 6.61 Å². The first-order valence-corrected chi connectivity index (χ1v) is 9.15. The van der Waals surface area contributed by atoms with Crippen LogP contribution in [0.3, 0.4) is 0 Å². The van der Waals surface area contributed by atoms with E-state index in [1.165, 1.54) is 18.3 Å². The minimum Gasteiger partial charge on any atom is -0.497 e. The molecule has 3 aromatic rings. The highest BCUT2D eigenvalue weighted by atomic mass is 16.6. The van der Waals surface area contributed by atoms with E-state index in [1.54, 1.807) is 42.9 Å². The number of carbonyl (C=O) groups excluding carboxylic acids is 1. The molecule has 10 heteroatoms. The number of benzene rings is 1. The molecule has 0 aliphatic carbocycles. The predicted molar refractivity (Wildman–Crippen MR) is 112 cm³/mol. The Balaban J connectivity index is 1.88. The van der Waals surface area contributed by atoms with Crippen LogP contribution in [0.2, 0.25) is 0 Å². The normalized spacial score (nSPS) is 10.3. The van der Waals surface area contributed by atoms with Crippen LogP contribution in [-0.2, 0) is 4.79 Å². The molecule has 0 saturated carbocycles. The maximum atomic E-state index is 12.6. The van der Waals surface area contributed by atoms with Crippen molar-refractivity contribution in [3.05, 3.63) is 69.5 Å². The van der Waals surface area contributed by atoms with Crippen LogP contribution in [0.4, 0.5) is 11.6 Å². The van der Waals surface area contributed by atoms with Crippen molar-refractivity contribution in [1.29, 1.82) is 5.26 Å². The number of hydrogen-bond acceptors (Lipinski definition) is 7. The topological polar surface area (TPSA) is 132 Å². The van der Waals surface area contributed by atoms with Crippen LogP contribution in [0.25, 0.3) is 5.69 Å². The average molecular weight is 421 g/mol. The molecule has 10 nitrogen and oxygen atoms in total. The number of nitrogens with one attached hydrogen (secondary N) is 1. The van der Waals surface area contributed by atoms with E-state index in [0.29, 0.717) is 11.3 Å². The molecule has 158 valence electrons. The van der Waals surface area contributed by atoms with Gasteiger partial charge in [-0.3, -0.25) is 9.36 Å². The summed E-state index contributed by atoms with van der Waals surface area (Å²) >= 11 is 0. The van der Waals surface area contributed by atoms with E-state index in [4.69, 9.17) is 9.47 Å². The quantitative estimate of drug-likeness (QED) is 0.457. The Kier molecular flexibility index (Phi) is 6.16. The maximum absolute atomic E-state index is 12.6. The summed E-state index contributed by atoms with van der Waals surface area (Å²) in [7, 11) is 1.56. The third-order valence-electron chi connectivity index (χ3n) is 4.70. The number of nitro groups is 1. The number of carbonyl (C=O) groups is 1. The van der Waals surface area contributed by atoms with Crippen molar-refractivity contribution in [3.8, 4) is 23.3 Å². The van der Waals surface area contributed by atoms with Gasteiger partial charge in [0, 0.05) is 11.4 Å². The number of rotatable bonds is 7. The van der Waals surface area contributed by atoms with Crippen LogP contribution >= 0.6 is 0 Å². The summed E-state index contributed by atoms with van der Waals surface area (Å²) in [5, 5.41) is 23.4. The second kappa shape index (κ2) is 8.96. The van der Waals surface area contributed by atoms with Crippen LogP contribution in [-0.4, -0.2) is 34.1 Å². The number of hydrogen-bond donors (Lipinski definition) is 1. The molecule has 0 unspecified atom stereocenters. The van der Waals surface area contributed by atoms with Crippen molar-refractivity contribution in [2.75, 3.05) is 19.0 Å². The molecule has 0 bridgehead atoms. The van der Waals surface area contributed by atoms with Crippen LogP contribution < -0.4 is 14.8 Å². The third kappa shape index (κ3) is 4.30. The van der Waals surface area contributed by atoms with Crippen molar-refractivity contribution in [1.82, 2.24) is 9.55 Å². The lowest BCUT2D eigenvalue weighted by Gasteiger charge is -2.14. The third-order valence-corrected chi connectivity index (χ3v) is 4.70. The highest BCUT2D eigenvalue weighted by molar-refractivity contribution is 5.93. The van der Waals surface area contributed by atoms with Crippen molar-refractivity contribution in [2.24, 2.45) is 0 Å². The van der Waals surface area contributed by atoms with Gasteiger partial charge in [0.25, 0.3) is 5.91 Å². The molecule has 3 rings (SSSR count). The van der Waals surface area contributed by atoms with Gasteiger partial charge in [-0.25, -0.2) is 0 Å². The number of nitriles is 1. The van der Waals surface area contributed by atoms with Gasteiger partial charge in [-0.05, 0) is 65.7 Å². The number of pyridine rings is 1. The van der Waals surface area contributed by atoms with Gasteiger partial charge in [0.1, 0.15) is 23.8 Å². The molecule has 0 aliphatic heterocycles. The molecule has 2 heterocycles. The number of aromatic nitrogens is 2. The van der Waals surface area contributed by atoms with Crippen molar-refractivity contribution < 1.29 is 19.2 Å². The molecule has 0 aliphatic rings. The van der Waals surface area contributed by atoms with Crippen molar-refractivity contribution >= 4 is 17.5 Å². The highest BCUT2D eigenvalue weighted by Gasteiger charge is 2.22. The average Bonchev–Trinajstić information content (AvgIpc) is 3.01. The smallest absolute Gasteiger partial charge is 0.406 e. The van der Waals surface area contributed by atoms with E-state index in [-0.39, 0.29) is 11.6 Å². The molecule has 1 amide bonds. The second-order valence-electron chi connectivity index (χ2n) is 6.50. The van der Waals surface area contributed by atoms with Gasteiger partial charge in [-0.1, -0.05) is 0 Å². The summed E-state index contributed by atoms with van der Waals surface area (Å²) in [6, 6.07) is 12.1. The lowest BCUT2D eigenvalue weighted by atomic mass is 10.2. The summed E-state index contributed by atoms with van der Waals surface area (Å²) in [5.74, 6) is -0.232. The minimum absolute atomic E-state index is 0.124. The molecule has 1 N–H and O–H groups in total. The largest absolute Gasteiger partial charge is 0.497 e. The molecule has 31 heavy (non-hydrogen) atoms. The number of amides is 1. The fourth-order valence-corrected chi connectivity index (χ4v) is 3.06. The van der Waals surface area contributed by atoms with Gasteiger partial charge in [0.05, 0.1) is 12.7 Å². The van der Waals surface area contributed by atoms with Gasteiger partial charge in [-0.15, -0.1) is 0 Å². The molecule has 0 saturated heterocycles. The zero-order valence-electron chi connectivity index (χ0n) is 17.1. The van der Waals surface area contributed by atoms with Gasteiger partial charge in [0.2, 0.25) is 5.75 Å². The zero-order valence-corrected chi connectivity index (χ0v) is 17.1. The van der Waals surface area contributed by atoms with Crippen LogP contribution in [0.5, 0.6) is 11.5 Å². The molecular weight excluding hydrogens is 402 g/mol. The SMILES string of the molecule is COc1ccc(-n2c(C)c(C)c(C#N)c2NC(=O)COc2cccnc2[N+](=O)[O-])cc1. The Morgan fingerprint density at radius 1 is 1.29 bits per heavy atom. The van der Waals surface area contributed by atoms with E-state index in [0.717, 1.165) is 16.9 Å². The zero-order chi connectivity index (χ0) is 22.5. The maximum Gasteiger partial charge on any atom is 0.406 e. The first-order chi connectivity index (χ1) is 14.9. The van der Waals surface area contributed by atoms with Gasteiger partial charge >= 0.3 is 5.82 Å². The van der Waals surface area contributed by atoms with E-state index < -0.39 is 23.3 Å². The lowest BCUT2D eigenvalue weighted by molar-refractivity contribution is -0.390. The first kappa shape index (κ1) is 21.3. The number of ether oxygens (including phenoxy) is 2. The van der Waals surface area contributed by atoms with Crippen molar-refractivity contribution in [3.63, 3.8) is 0 Å². The molecule has 0 spiro atoms. The predicted octanol–water partition coefficient (Wildman–Crippen LogP) is 3.30.